The van der Waals surface area contributed by atoms with Crippen molar-refractivity contribution >= 4 is 66.4 Å². The van der Waals surface area contributed by atoms with Crippen LogP contribution in [0.4, 0.5) is 34.1 Å². The largest absolute Gasteiger partial charge is 0.309 e. The number of rotatable bonds is 2. The molecular weight excluding hydrogens is 873 g/mol. The Labute approximate surface area is 421 Å². The van der Waals surface area contributed by atoms with Gasteiger partial charge in [0.05, 0.1) is 57.4 Å². The molecule has 72 heavy (non-hydrogen) atoms. The van der Waals surface area contributed by atoms with Gasteiger partial charge in [0.15, 0.2) is 0 Å². The summed E-state index contributed by atoms with van der Waals surface area (Å²) in [6.07, 6.45) is 0. The SMILES string of the molecule is CC1(C)c2ccc3ccccc3c2-c2ccc3c(c21)C(C)(C)c1ccccc1N3c1ccc(N2c3ccccc3C(C)(C)c3c2ccc2c3C(C)(C)c3ccc4ccccc4c3-2)c2c(C#N)ccc(C#N)c12. The molecule has 4 aliphatic rings. The number of nitrogens with zero attached hydrogens (tertiary/aromatic N) is 4. The molecule has 0 spiro atoms. The molecule has 0 bridgehead atoms. The third-order valence-electron chi connectivity index (χ3n) is 17.6. The molecule has 2 aliphatic heterocycles. The summed E-state index contributed by atoms with van der Waals surface area (Å²) in [7, 11) is 0. The standard InChI is InChI=1S/C68H52N4/c1-65(2)47-21-13-15-23-51(47)71(55-33-29-45-59-43-19-11-9-17-39(43)27-31-49(59)67(5,6)61(45)63(55)65)53-35-36-54(58-42(38-70)26-25-41(37-69)57(53)58)72-52-24-16-14-22-48(52)66(3,4)64-56(72)34-30-46-60-44-20-12-10-18-40(44)28-32-50(60)68(7,8)62(46)64/h9-36H,1-8H3. The molecule has 0 amide bonds. The van der Waals surface area contributed by atoms with Crippen LogP contribution in [-0.4, -0.2) is 0 Å². The number of para-hydroxylation sites is 2. The van der Waals surface area contributed by atoms with E-state index in [4.69, 9.17) is 0 Å². The molecule has 0 fully saturated rings. The third-order valence-corrected chi connectivity index (χ3v) is 17.6. The molecule has 0 radical (unpaired) electrons. The van der Waals surface area contributed by atoms with Crippen molar-refractivity contribution in [2.75, 3.05) is 9.80 Å². The number of fused-ring (bicyclic) bond motifs is 17. The summed E-state index contributed by atoms with van der Waals surface area (Å²) < 4.78 is 0. The zero-order valence-electron chi connectivity index (χ0n) is 42.0. The predicted octanol–water partition coefficient (Wildman–Crippen LogP) is 17.7. The zero-order chi connectivity index (χ0) is 49.4. The van der Waals surface area contributed by atoms with Crippen molar-refractivity contribution in [1.82, 2.24) is 0 Å². The van der Waals surface area contributed by atoms with Crippen LogP contribution in [0.3, 0.4) is 0 Å². The minimum absolute atomic E-state index is 0.307. The van der Waals surface area contributed by atoms with E-state index in [1.54, 1.807) is 0 Å². The van der Waals surface area contributed by atoms with Crippen LogP contribution in [0.2, 0.25) is 0 Å². The molecule has 2 heterocycles. The van der Waals surface area contributed by atoms with Gasteiger partial charge in [-0.25, -0.2) is 0 Å². The maximum atomic E-state index is 11.3. The third kappa shape index (κ3) is 5.14. The molecule has 4 heteroatoms. The van der Waals surface area contributed by atoms with Crippen LogP contribution in [0.25, 0.3) is 54.6 Å². The van der Waals surface area contributed by atoms with E-state index < -0.39 is 0 Å². The highest BCUT2D eigenvalue weighted by molar-refractivity contribution is 6.14. The second kappa shape index (κ2) is 14.1. The van der Waals surface area contributed by atoms with Crippen molar-refractivity contribution in [2.24, 2.45) is 0 Å². The topological polar surface area (TPSA) is 54.1 Å². The molecule has 344 valence electrons. The fraction of sp³-hybridized carbons (Fsp3) is 0.176. The highest BCUT2D eigenvalue weighted by atomic mass is 15.2. The smallest absolute Gasteiger partial charge is 0.0999 e. The van der Waals surface area contributed by atoms with E-state index in [2.05, 4.69) is 235 Å². The first kappa shape index (κ1) is 42.4. The Morgan fingerprint density at radius 1 is 0.319 bits per heavy atom. The minimum atomic E-state index is -0.386. The molecule has 10 aromatic rings. The molecule has 0 aromatic heterocycles. The maximum absolute atomic E-state index is 11.3. The van der Waals surface area contributed by atoms with Crippen LogP contribution < -0.4 is 9.80 Å². The van der Waals surface area contributed by atoms with Gasteiger partial charge in [-0.1, -0.05) is 177 Å². The van der Waals surface area contributed by atoms with Crippen LogP contribution in [0.1, 0.15) is 111 Å². The van der Waals surface area contributed by atoms with Crippen molar-refractivity contribution in [2.45, 2.75) is 77.0 Å². The second-order valence-corrected chi connectivity index (χ2v) is 22.6. The first-order valence-electron chi connectivity index (χ1n) is 25.3. The lowest BCUT2D eigenvalue weighted by Gasteiger charge is -2.46. The van der Waals surface area contributed by atoms with Crippen molar-refractivity contribution in [3.63, 3.8) is 0 Å². The number of hydrogen-bond donors (Lipinski definition) is 0. The summed E-state index contributed by atoms with van der Waals surface area (Å²) >= 11 is 0. The van der Waals surface area contributed by atoms with Gasteiger partial charge in [-0.2, -0.15) is 10.5 Å². The van der Waals surface area contributed by atoms with E-state index >= 15 is 0 Å². The fourth-order valence-electron chi connectivity index (χ4n) is 14.4. The summed E-state index contributed by atoms with van der Waals surface area (Å²) in [5, 5.41) is 29.2. The highest BCUT2D eigenvalue weighted by Crippen LogP contribution is 2.64. The summed E-state index contributed by atoms with van der Waals surface area (Å²) in [6.45, 7) is 19.1. The van der Waals surface area contributed by atoms with Crippen LogP contribution in [0.5, 0.6) is 0 Å². The molecule has 0 N–H and O–H groups in total. The van der Waals surface area contributed by atoms with Gasteiger partial charge >= 0.3 is 0 Å². The predicted molar refractivity (Wildman–Crippen MR) is 297 cm³/mol. The van der Waals surface area contributed by atoms with Gasteiger partial charge in [-0.05, 0) is 137 Å². The van der Waals surface area contributed by atoms with Crippen LogP contribution in [0, 0.1) is 22.7 Å². The molecule has 0 saturated heterocycles. The van der Waals surface area contributed by atoms with Crippen molar-refractivity contribution in [3.05, 3.63) is 225 Å². The van der Waals surface area contributed by atoms with Crippen molar-refractivity contribution in [3.8, 4) is 34.4 Å². The Morgan fingerprint density at radius 2 is 0.681 bits per heavy atom. The van der Waals surface area contributed by atoms with Crippen LogP contribution in [0.15, 0.2) is 170 Å². The molecular formula is C68H52N4. The van der Waals surface area contributed by atoms with E-state index in [0.29, 0.717) is 11.1 Å². The number of hydrogen-bond acceptors (Lipinski definition) is 4. The molecule has 0 atom stereocenters. The Kier molecular flexibility index (Phi) is 8.33. The van der Waals surface area contributed by atoms with Crippen LogP contribution >= 0.6 is 0 Å². The first-order chi connectivity index (χ1) is 34.7. The quantitative estimate of drug-likeness (QED) is 0.173. The number of benzene rings is 10. The van der Waals surface area contributed by atoms with Gasteiger partial charge in [0.2, 0.25) is 0 Å². The van der Waals surface area contributed by atoms with E-state index in [9.17, 15) is 10.5 Å². The normalized spacial score (nSPS) is 16.4. The van der Waals surface area contributed by atoms with Gasteiger partial charge in [-0.15, -0.1) is 0 Å². The molecule has 10 aromatic carbocycles. The Morgan fingerprint density at radius 3 is 1.10 bits per heavy atom. The Bertz CT molecular complexity index is 3940. The lowest BCUT2D eigenvalue weighted by atomic mass is 9.67. The van der Waals surface area contributed by atoms with E-state index in [1.165, 1.54) is 88.3 Å². The van der Waals surface area contributed by atoms with Gasteiger partial charge < -0.3 is 9.80 Å². The first-order valence-corrected chi connectivity index (χ1v) is 25.3. The van der Waals surface area contributed by atoms with Gasteiger partial charge in [0.25, 0.3) is 0 Å². The average molecular weight is 925 g/mol. The lowest BCUT2D eigenvalue weighted by Crippen LogP contribution is -2.34. The zero-order valence-corrected chi connectivity index (χ0v) is 42.0. The summed E-state index contributed by atoms with van der Waals surface area (Å²) in [5.74, 6) is 0. The fourth-order valence-corrected chi connectivity index (χ4v) is 14.4. The Hall–Kier alpha value is -8.44. The molecule has 0 saturated carbocycles. The summed E-state index contributed by atoms with van der Waals surface area (Å²) in [6, 6.07) is 67.1. The van der Waals surface area contributed by atoms with E-state index in [1.807, 2.05) is 12.1 Å². The summed E-state index contributed by atoms with van der Waals surface area (Å²) in [4.78, 5) is 4.80. The van der Waals surface area contributed by atoms with E-state index in [-0.39, 0.29) is 21.7 Å². The molecule has 2 aliphatic carbocycles. The summed E-state index contributed by atoms with van der Waals surface area (Å²) in [5.41, 5.74) is 21.2. The Balaban J connectivity index is 1.06. The minimum Gasteiger partial charge on any atom is -0.309 e. The van der Waals surface area contributed by atoms with E-state index in [0.717, 1.165) is 44.9 Å². The van der Waals surface area contributed by atoms with Gasteiger partial charge in [-0.3, -0.25) is 0 Å². The van der Waals surface area contributed by atoms with Crippen molar-refractivity contribution in [1.29, 1.82) is 10.5 Å². The van der Waals surface area contributed by atoms with Gasteiger partial charge in [0, 0.05) is 32.4 Å². The molecule has 0 unspecified atom stereocenters. The molecule has 14 rings (SSSR count). The van der Waals surface area contributed by atoms with Gasteiger partial charge in [0.1, 0.15) is 0 Å². The average Bonchev–Trinajstić information content (AvgIpc) is 3.79. The maximum Gasteiger partial charge on any atom is 0.0999 e. The lowest BCUT2D eigenvalue weighted by molar-refractivity contribution is 0.584. The number of anilines is 6. The molecule has 4 nitrogen and oxygen atoms in total. The van der Waals surface area contributed by atoms with Crippen LogP contribution in [-0.2, 0) is 21.7 Å². The highest BCUT2D eigenvalue weighted by Gasteiger charge is 2.49. The second-order valence-electron chi connectivity index (χ2n) is 22.6. The monoisotopic (exact) mass is 924 g/mol. The van der Waals surface area contributed by atoms with Crippen molar-refractivity contribution < 1.29 is 0 Å². The number of nitriles is 2.